The minimum absolute atomic E-state index is 0.0452. The van der Waals surface area contributed by atoms with Gasteiger partial charge in [0, 0.05) is 6.54 Å². The van der Waals surface area contributed by atoms with Gasteiger partial charge in [-0.2, -0.15) is 0 Å². The Kier molecular flexibility index (Phi) is 6.38. The fraction of sp³-hybridized carbons (Fsp3) is 0.150. The summed E-state index contributed by atoms with van der Waals surface area (Å²) in [6.07, 6.45) is 1.20. The predicted octanol–water partition coefficient (Wildman–Crippen LogP) is 3.54. The van der Waals surface area contributed by atoms with E-state index in [4.69, 9.17) is 9.47 Å². The molecule has 0 saturated carbocycles. The second-order valence-corrected chi connectivity index (χ2v) is 6.04. The smallest absolute Gasteiger partial charge is 0.353 e. The van der Waals surface area contributed by atoms with E-state index >= 15 is 0 Å². The summed E-state index contributed by atoms with van der Waals surface area (Å²) in [4.78, 5) is 31.1. The lowest BCUT2D eigenvalue weighted by molar-refractivity contribution is -0.383. The lowest BCUT2D eigenvalue weighted by Gasteiger charge is -2.12. The van der Waals surface area contributed by atoms with Crippen LogP contribution in [0.25, 0.3) is 0 Å². The average Bonchev–Trinajstić information content (AvgIpc) is 2.77. The number of benzene rings is 2. The third-order valence-corrected chi connectivity index (χ3v) is 4.21. The fourth-order valence-corrected chi connectivity index (χ4v) is 2.71. The Morgan fingerprint density at radius 3 is 2.43 bits per heavy atom. The van der Waals surface area contributed by atoms with Crippen LogP contribution in [0.15, 0.2) is 54.9 Å². The van der Waals surface area contributed by atoms with Crippen LogP contribution >= 0.6 is 0 Å². The number of carbonyl (C=O) groups is 1. The van der Waals surface area contributed by atoms with Crippen molar-refractivity contribution in [3.05, 3.63) is 76.1 Å². The van der Waals surface area contributed by atoms with Gasteiger partial charge in [-0.15, -0.1) is 0 Å². The number of hydrogen-bond donors (Lipinski definition) is 2. The van der Waals surface area contributed by atoms with Crippen LogP contribution in [-0.2, 0) is 11.3 Å². The van der Waals surface area contributed by atoms with Crippen LogP contribution in [0.2, 0.25) is 0 Å². The van der Waals surface area contributed by atoms with Gasteiger partial charge < -0.3 is 20.1 Å². The number of anilines is 3. The Balaban J connectivity index is 1.88. The Morgan fingerprint density at radius 2 is 1.77 bits per heavy atom. The van der Waals surface area contributed by atoms with Gasteiger partial charge >= 0.3 is 11.7 Å². The van der Waals surface area contributed by atoms with Crippen LogP contribution < -0.4 is 15.4 Å². The zero-order valence-corrected chi connectivity index (χ0v) is 16.3. The molecule has 1 heterocycles. The normalized spacial score (nSPS) is 10.2. The van der Waals surface area contributed by atoms with E-state index in [0.717, 1.165) is 5.56 Å². The molecule has 0 aliphatic rings. The molecule has 0 amide bonds. The summed E-state index contributed by atoms with van der Waals surface area (Å²) in [5.41, 5.74) is 1.09. The van der Waals surface area contributed by atoms with E-state index in [1.54, 1.807) is 43.5 Å². The van der Waals surface area contributed by atoms with E-state index in [-0.39, 0.29) is 22.9 Å². The molecule has 10 heteroatoms. The van der Waals surface area contributed by atoms with Gasteiger partial charge in [-0.05, 0) is 29.8 Å². The Hall–Kier alpha value is -4.21. The molecule has 154 valence electrons. The van der Waals surface area contributed by atoms with E-state index in [2.05, 4.69) is 20.6 Å². The van der Waals surface area contributed by atoms with Crippen LogP contribution in [0.3, 0.4) is 0 Å². The molecule has 3 aromatic rings. The third kappa shape index (κ3) is 4.61. The van der Waals surface area contributed by atoms with Crippen molar-refractivity contribution in [3.63, 3.8) is 0 Å². The number of carbonyl (C=O) groups excluding carboxylic acids is 1. The average molecular weight is 409 g/mol. The molecular formula is C20H19N5O5. The lowest BCUT2D eigenvalue weighted by atomic mass is 10.2. The second-order valence-electron chi connectivity index (χ2n) is 6.04. The SMILES string of the molecule is COC(=O)c1ccccc1Nc1ncnc(NCc2ccc(OC)cc2)c1[N+](=O)[O-]. The number of ether oxygens (including phenoxy) is 2. The van der Waals surface area contributed by atoms with Gasteiger partial charge in [0.1, 0.15) is 12.1 Å². The van der Waals surface area contributed by atoms with Crippen LogP contribution in [0.5, 0.6) is 5.75 Å². The molecule has 0 aliphatic carbocycles. The summed E-state index contributed by atoms with van der Waals surface area (Å²) in [5, 5.41) is 17.5. The van der Waals surface area contributed by atoms with Crippen molar-refractivity contribution in [1.29, 1.82) is 0 Å². The Morgan fingerprint density at radius 1 is 1.07 bits per heavy atom. The molecule has 3 rings (SSSR count). The quantitative estimate of drug-likeness (QED) is 0.326. The van der Waals surface area contributed by atoms with E-state index in [9.17, 15) is 14.9 Å². The van der Waals surface area contributed by atoms with Gasteiger partial charge in [-0.3, -0.25) is 10.1 Å². The number of para-hydroxylation sites is 1. The Bertz CT molecular complexity index is 1060. The van der Waals surface area contributed by atoms with Crippen molar-refractivity contribution in [3.8, 4) is 5.75 Å². The maximum atomic E-state index is 12.0. The summed E-state index contributed by atoms with van der Waals surface area (Å²) in [6.45, 7) is 0.306. The van der Waals surface area contributed by atoms with Crippen LogP contribution in [0.1, 0.15) is 15.9 Å². The highest BCUT2D eigenvalue weighted by Crippen LogP contribution is 2.32. The van der Waals surface area contributed by atoms with Gasteiger partial charge in [-0.25, -0.2) is 14.8 Å². The number of nitrogens with one attached hydrogen (secondary N) is 2. The maximum absolute atomic E-state index is 12.0. The first-order valence-electron chi connectivity index (χ1n) is 8.84. The van der Waals surface area contributed by atoms with Crippen molar-refractivity contribution in [2.75, 3.05) is 24.9 Å². The second kappa shape index (κ2) is 9.32. The van der Waals surface area contributed by atoms with Crippen molar-refractivity contribution in [2.45, 2.75) is 6.54 Å². The first-order valence-corrected chi connectivity index (χ1v) is 8.84. The summed E-state index contributed by atoms with van der Waals surface area (Å²) < 4.78 is 9.87. The van der Waals surface area contributed by atoms with Crippen molar-refractivity contribution < 1.29 is 19.2 Å². The molecule has 0 saturated heterocycles. The Labute approximate surface area is 172 Å². The van der Waals surface area contributed by atoms with Crippen molar-refractivity contribution in [2.24, 2.45) is 0 Å². The molecule has 2 N–H and O–H groups in total. The molecule has 2 aromatic carbocycles. The number of rotatable bonds is 8. The standard InChI is InChI=1S/C20H19N5O5/c1-29-14-9-7-13(8-10-14)11-21-18-17(25(27)28)19(23-12-22-18)24-16-6-4-3-5-15(16)20(26)30-2/h3-10,12H,11H2,1-2H3,(H2,21,22,23,24). The van der Waals surface area contributed by atoms with E-state index in [0.29, 0.717) is 18.0 Å². The number of esters is 1. The van der Waals surface area contributed by atoms with Gasteiger partial charge in [0.05, 0.1) is 30.4 Å². The van der Waals surface area contributed by atoms with Gasteiger partial charge in [0.25, 0.3) is 0 Å². The van der Waals surface area contributed by atoms with Crippen LogP contribution in [0.4, 0.5) is 23.0 Å². The third-order valence-electron chi connectivity index (χ3n) is 4.21. The molecule has 1 aromatic heterocycles. The van der Waals surface area contributed by atoms with E-state index in [1.165, 1.54) is 13.4 Å². The number of methoxy groups -OCH3 is 2. The highest BCUT2D eigenvalue weighted by atomic mass is 16.6. The fourth-order valence-electron chi connectivity index (χ4n) is 2.71. The molecule has 30 heavy (non-hydrogen) atoms. The molecule has 0 spiro atoms. The molecule has 0 radical (unpaired) electrons. The number of aromatic nitrogens is 2. The molecule has 0 bridgehead atoms. The van der Waals surface area contributed by atoms with Crippen molar-refractivity contribution in [1.82, 2.24) is 9.97 Å². The first kappa shape index (κ1) is 20.5. The van der Waals surface area contributed by atoms with E-state index in [1.807, 2.05) is 12.1 Å². The summed E-state index contributed by atoms with van der Waals surface area (Å²) in [5.74, 6) is 0.127. The van der Waals surface area contributed by atoms with Crippen LogP contribution in [-0.4, -0.2) is 35.1 Å². The molecule has 0 unspecified atom stereocenters. The first-order chi connectivity index (χ1) is 14.5. The monoisotopic (exact) mass is 409 g/mol. The van der Waals surface area contributed by atoms with Crippen molar-refractivity contribution >= 4 is 29.0 Å². The molecule has 10 nitrogen and oxygen atoms in total. The van der Waals surface area contributed by atoms with E-state index < -0.39 is 10.9 Å². The summed E-state index contributed by atoms with van der Waals surface area (Å²) >= 11 is 0. The number of nitro groups is 1. The minimum atomic E-state index is -0.584. The number of hydrogen-bond acceptors (Lipinski definition) is 9. The zero-order valence-electron chi connectivity index (χ0n) is 16.3. The molecular weight excluding hydrogens is 390 g/mol. The van der Waals surface area contributed by atoms with Gasteiger partial charge in [-0.1, -0.05) is 24.3 Å². The van der Waals surface area contributed by atoms with Gasteiger partial charge in [0.15, 0.2) is 0 Å². The van der Waals surface area contributed by atoms with Crippen LogP contribution in [0, 0.1) is 10.1 Å². The largest absolute Gasteiger partial charge is 0.497 e. The summed E-state index contributed by atoms with van der Waals surface area (Å²) in [6, 6.07) is 13.8. The van der Waals surface area contributed by atoms with Gasteiger partial charge in [0.2, 0.25) is 11.6 Å². The lowest BCUT2D eigenvalue weighted by Crippen LogP contribution is -2.10. The molecule has 0 fully saturated rings. The zero-order chi connectivity index (χ0) is 21.5. The topological polar surface area (TPSA) is 129 Å². The summed E-state index contributed by atoms with van der Waals surface area (Å²) in [7, 11) is 2.83. The number of nitrogens with zero attached hydrogens (tertiary/aromatic N) is 3. The highest BCUT2D eigenvalue weighted by Gasteiger charge is 2.24. The highest BCUT2D eigenvalue weighted by molar-refractivity contribution is 5.96. The molecule has 0 aliphatic heterocycles. The maximum Gasteiger partial charge on any atom is 0.353 e. The predicted molar refractivity (Wildman–Crippen MR) is 110 cm³/mol. The molecule has 0 atom stereocenters. The minimum Gasteiger partial charge on any atom is -0.497 e.